The Hall–Kier alpha value is -2.05. The van der Waals surface area contributed by atoms with E-state index in [2.05, 4.69) is 10.4 Å². The van der Waals surface area contributed by atoms with Crippen LogP contribution in [0.15, 0.2) is 0 Å². The van der Waals surface area contributed by atoms with Gasteiger partial charge < -0.3 is 15.0 Å². The molecular formula is C17H28N4O3. The van der Waals surface area contributed by atoms with Gasteiger partial charge in [0.25, 0.3) is 0 Å². The lowest BCUT2D eigenvalue weighted by atomic mass is 10.1. The fourth-order valence-electron chi connectivity index (χ4n) is 2.69. The van der Waals surface area contributed by atoms with E-state index < -0.39 is 5.60 Å². The zero-order chi connectivity index (χ0) is 18.1. The first-order valence-electron chi connectivity index (χ1n) is 8.39. The van der Waals surface area contributed by atoms with Crippen LogP contribution in [0.3, 0.4) is 0 Å². The number of nitrogens with zero attached hydrogens (tertiary/aromatic N) is 3. The number of nitrogens with one attached hydrogen (secondary N) is 1. The number of carbonyl (C=O) groups excluding carboxylic acids is 2. The number of carbonyl (C=O) groups is 2. The van der Waals surface area contributed by atoms with E-state index in [1.54, 1.807) is 16.6 Å². The number of hydrogen-bond donors (Lipinski definition) is 1. The van der Waals surface area contributed by atoms with E-state index in [1.807, 2.05) is 34.6 Å². The van der Waals surface area contributed by atoms with E-state index in [0.717, 1.165) is 11.3 Å². The number of anilines is 1. The second kappa shape index (κ2) is 6.83. The van der Waals surface area contributed by atoms with Crippen molar-refractivity contribution in [3.8, 4) is 0 Å². The van der Waals surface area contributed by atoms with Crippen LogP contribution in [0.2, 0.25) is 0 Å². The molecule has 7 heteroatoms. The van der Waals surface area contributed by atoms with Crippen LogP contribution in [0.5, 0.6) is 0 Å². The number of rotatable bonds is 3. The summed E-state index contributed by atoms with van der Waals surface area (Å²) in [6.07, 6.45) is 0.773. The Labute approximate surface area is 143 Å². The summed E-state index contributed by atoms with van der Waals surface area (Å²) in [7, 11) is 1.81. The van der Waals surface area contributed by atoms with Gasteiger partial charge in [-0.05, 0) is 26.7 Å². The van der Waals surface area contributed by atoms with Crippen molar-refractivity contribution in [3.63, 3.8) is 0 Å². The Morgan fingerprint density at radius 1 is 1.33 bits per heavy atom. The van der Waals surface area contributed by atoms with E-state index in [0.29, 0.717) is 31.7 Å². The van der Waals surface area contributed by atoms with Gasteiger partial charge >= 0.3 is 6.09 Å². The number of aromatic nitrogens is 2. The normalized spacial score (nSPS) is 14.5. The van der Waals surface area contributed by atoms with Crippen LogP contribution in [0.25, 0.3) is 0 Å². The summed E-state index contributed by atoms with van der Waals surface area (Å²) >= 11 is 0. The molecule has 0 saturated heterocycles. The second-order valence-corrected chi connectivity index (χ2v) is 7.70. The minimum absolute atomic E-state index is 0.0369. The third-order valence-corrected chi connectivity index (χ3v) is 3.70. The van der Waals surface area contributed by atoms with Crippen molar-refractivity contribution < 1.29 is 14.3 Å². The molecule has 7 nitrogen and oxygen atoms in total. The average Bonchev–Trinajstić information content (AvgIpc) is 2.71. The third-order valence-electron chi connectivity index (χ3n) is 3.70. The minimum Gasteiger partial charge on any atom is -0.444 e. The van der Waals surface area contributed by atoms with Gasteiger partial charge in [0.05, 0.1) is 12.2 Å². The summed E-state index contributed by atoms with van der Waals surface area (Å²) in [6.45, 7) is 10.5. The molecule has 0 saturated carbocycles. The molecule has 0 bridgehead atoms. The van der Waals surface area contributed by atoms with Crippen molar-refractivity contribution in [2.75, 3.05) is 11.9 Å². The quantitative estimate of drug-likeness (QED) is 0.921. The Bertz CT molecular complexity index is 629. The van der Waals surface area contributed by atoms with E-state index in [9.17, 15) is 9.59 Å². The van der Waals surface area contributed by atoms with Gasteiger partial charge in [0.2, 0.25) is 5.91 Å². The number of hydrogen-bond acceptors (Lipinski definition) is 4. The van der Waals surface area contributed by atoms with E-state index in [-0.39, 0.29) is 17.9 Å². The predicted octanol–water partition coefficient (Wildman–Crippen LogP) is 2.70. The maximum atomic E-state index is 12.3. The van der Waals surface area contributed by atoms with Crippen LogP contribution in [-0.2, 0) is 29.5 Å². The van der Waals surface area contributed by atoms with Crippen molar-refractivity contribution in [3.05, 3.63) is 11.3 Å². The predicted molar refractivity (Wildman–Crippen MR) is 91.6 cm³/mol. The fourth-order valence-corrected chi connectivity index (χ4v) is 2.69. The molecule has 0 unspecified atom stereocenters. The monoisotopic (exact) mass is 336 g/mol. The van der Waals surface area contributed by atoms with Gasteiger partial charge in [-0.2, -0.15) is 5.10 Å². The molecular weight excluding hydrogens is 308 g/mol. The van der Waals surface area contributed by atoms with Gasteiger partial charge in [0.15, 0.2) is 0 Å². The van der Waals surface area contributed by atoms with Crippen LogP contribution in [0.1, 0.15) is 52.3 Å². The van der Waals surface area contributed by atoms with Crippen molar-refractivity contribution in [1.82, 2.24) is 14.7 Å². The van der Waals surface area contributed by atoms with E-state index in [4.69, 9.17) is 4.74 Å². The first kappa shape index (κ1) is 18.3. The largest absolute Gasteiger partial charge is 0.444 e. The highest BCUT2D eigenvalue weighted by Gasteiger charge is 2.30. The van der Waals surface area contributed by atoms with Gasteiger partial charge in [-0.3, -0.25) is 9.48 Å². The summed E-state index contributed by atoms with van der Waals surface area (Å²) in [5, 5.41) is 7.42. The second-order valence-electron chi connectivity index (χ2n) is 7.70. The molecule has 2 rings (SSSR count). The van der Waals surface area contributed by atoms with E-state index >= 15 is 0 Å². The molecule has 0 atom stereocenters. The molecule has 134 valence electrons. The number of ether oxygens (including phenoxy) is 1. The first-order valence-corrected chi connectivity index (χ1v) is 8.39. The number of aryl methyl sites for hydroxylation is 1. The zero-order valence-corrected chi connectivity index (χ0v) is 15.5. The van der Waals surface area contributed by atoms with Crippen LogP contribution >= 0.6 is 0 Å². The molecule has 1 N–H and O–H groups in total. The van der Waals surface area contributed by atoms with Crippen LogP contribution in [-0.4, -0.2) is 38.8 Å². The Balaban J connectivity index is 2.15. The lowest BCUT2D eigenvalue weighted by Gasteiger charge is -2.29. The fraction of sp³-hybridized carbons (Fsp3) is 0.706. The Morgan fingerprint density at radius 3 is 2.58 bits per heavy atom. The highest BCUT2D eigenvalue weighted by molar-refractivity contribution is 5.91. The van der Waals surface area contributed by atoms with Gasteiger partial charge in [0.1, 0.15) is 11.4 Å². The summed E-state index contributed by atoms with van der Waals surface area (Å²) in [6, 6.07) is 0. The molecule has 1 aromatic heterocycles. The number of fused-ring (bicyclic) bond motifs is 1. The minimum atomic E-state index is -0.527. The van der Waals surface area contributed by atoms with Crippen molar-refractivity contribution in [2.24, 2.45) is 13.0 Å². The molecule has 2 heterocycles. The summed E-state index contributed by atoms with van der Waals surface area (Å²) < 4.78 is 7.13. The molecule has 0 aromatic carbocycles. The highest BCUT2D eigenvalue weighted by Crippen LogP contribution is 2.27. The SMILES string of the molecule is CC(C)CC(=O)Nc1c2c(nn1C)CCN(C(=O)OC(C)(C)C)C2. The average molecular weight is 336 g/mol. The van der Waals surface area contributed by atoms with Crippen molar-refractivity contribution >= 4 is 17.8 Å². The van der Waals surface area contributed by atoms with Crippen LogP contribution in [0.4, 0.5) is 10.6 Å². The smallest absolute Gasteiger partial charge is 0.410 e. The molecule has 1 aliphatic rings. The van der Waals surface area contributed by atoms with Crippen LogP contribution in [0, 0.1) is 5.92 Å². The Morgan fingerprint density at radius 2 is 2.00 bits per heavy atom. The zero-order valence-electron chi connectivity index (χ0n) is 15.5. The maximum Gasteiger partial charge on any atom is 0.410 e. The summed E-state index contributed by atoms with van der Waals surface area (Å²) in [5.41, 5.74) is 1.30. The first-order chi connectivity index (χ1) is 11.1. The van der Waals surface area contributed by atoms with Gasteiger partial charge in [-0.25, -0.2) is 4.79 Å². The van der Waals surface area contributed by atoms with Gasteiger partial charge in [-0.1, -0.05) is 13.8 Å². The molecule has 24 heavy (non-hydrogen) atoms. The molecule has 1 aliphatic heterocycles. The lowest BCUT2D eigenvalue weighted by Crippen LogP contribution is -2.40. The molecule has 0 fully saturated rings. The highest BCUT2D eigenvalue weighted by atomic mass is 16.6. The third kappa shape index (κ3) is 4.49. The topological polar surface area (TPSA) is 76.5 Å². The summed E-state index contributed by atoms with van der Waals surface area (Å²) in [5.74, 6) is 0.918. The Kier molecular flexibility index (Phi) is 5.20. The van der Waals surface area contributed by atoms with Crippen molar-refractivity contribution in [1.29, 1.82) is 0 Å². The summed E-state index contributed by atoms with van der Waals surface area (Å²) in [4.78, 5) is 26.1. The molecule has 1 aromatic rings. The standard InChI is InChI=1S/C17H28N4O3/c1-11(2)9-14(22)18-15-12-10-21(16(23)24-17(3,4)5)8-7-13(12)19-20(15)6/h11H,7-10H2,1-6H3,(H,18,22). The van der Waals surface area contributed by atoms with Gasteiger partial charge in [-0.15, -0.1) is 0 Å². The van der Waals surface area contributed by atoms with Crippen molar-refractivity contribution in [2.45, 2.75) is 59.6 Å². The lowest BCUT2D eigenvalue weighted by molar-refractivity contribution is -0.116. The maximum absolute atomic E-state index is 12.3. The van der Waals surface area contributed by atoms with Gasteiger partial charge in [0, 0.05) is 32.0 Å². The van der Waals surface area contributed by atoms with Crippen LogP contribution < -0.4 is 5.32 Å². The molecule has 0 spiro atoms. The van der Waals surface area contributed by atoms with E-state index in [1.165, 1.54) is 0 Å². The number of amides is 2. The molecule has 0 radical (unpaired) electrons. The molecule has 2 amide bonds. The molecule has 0 aliphatic carbocycles.